The van der Waals surface area contributed by atoms with Gasteiger partial charge in [0.25, 0.3) is 0 Å². The molecule has 29 heavy (non-hydrogen) atoms. The smallest absolute Gasteiger partial charge is 0.363 e. The number of nitrogens with zero attached hydrogens (tertiary/aromatic N) is 1. The molecule has 1 aromatic carbocycles. The van der Waals surface area contributed by atoms with E-state index in [0.29, 0.717) is 0 Å². The first-order valence-electron chi connectivity index (χ1n) is 8.23. The summed E-state index contributed by atoms with van der Waals surface area (Å²) in [6.45, 7) is 0. The summed E-state index contributed by atoms with van der Waals surface area (Å²) < 4.78 is 42.3. The third kappa shape index (κ3) is 3.66. The highest BCUT2D eigenvalue weighted by molar-refractivity contribution is 8.02. The van der Waals surface area contributed by atoms with Gasteiger partial charge in [-0.1, -0.05) is 35.9 Å². The molecule has 1 aromatic heterocycles. The Balaban J connectivity index is 2.35. The Morgan fingerprint density at radius 1 is 1.34 bits per heavy atom. The second-order valence-corrected chi connectivity index (χ2v) is 8.44. The molecule has 0 radical (unpaired) electrons. The van der Waals surface area contributed by atoms with Crippen molar-refractivity contribution in [3.05, 3.63) is 67.8 Å². The van der Waals surface area contributed by atoms with Crippen LogP contribution in [-0.4, -0.2) is 29.0 Å². The summed E-state index contributed by atoms with van der Waals surface area (Å²) in [4.78, 5) is 13.2. The van der Waals surface area contributed by atoms with Crippen LogP contribution in [0, 0.1) is 17.2 Å². The summed E-state index contributed by atoms with van der Waals surface area (Å²) in [6.07, 6.45) is -3.73. The molecular weight excluding hydrogens is 445 g/mol. The minimum Gasteiger partial charge on any atom is -0.363 e. The summed E-state index contributed by atoms with van der Waals surface area (Å²) in [6, 6.07) is 10.9. The Bertz CT molecular complexity index is 1000. The Morgan fingerprint density at radius 2 is 2.03 bits per heavy atom. The Morgan fingerprint density at radius 3 is 2.55 bits per heavy atom. The molecule has 0 saturated heterocycles. The highest BCUT2D eigenvalue weighted by atomic mass is 35.5. The van der Waals surface area contributed by atoms with Gasteiger partial charge in [-0.2, -0.15) is 18.4 Å². The highest BCUT2D eigenvalue weighted by Gasteiger charge is 2.66. The molecule has 2 heterocycles. The van der Waals surface area contributed by atoms with Gasteiger partial charge >= 0.3 is 6.18 Å². The van der Waals surface area contributed by atoms with Gasteiger partial charge in [-0.25, -0.2) is 0 Å². The fraction of sp³-hybridized carbons (Fsp3) is 0.263. The minimum atomic E-state index is -5.20. The van der Waals surface area contributed by atoms with Gasteiger partial charge < -0.3 is 10.4 Å². The first-order chi connectivity index (χ1) is 13.7. The largest absolute Gasteiger partial charge is 0.437 e. The van der Waals surface area contributed by atoms with Crippen molar-refractivity contribution in [3.8, 4) is 6.07 Å². The van der Waals surface area contributed by atoms with Crippen molar-refractivity contribution in [3.63, 3.8) is 0 Å². The quantitative estimate of drug-likeness (QED) is 0.635. The Kier molecular flexibility index (Phi) is 6.01. The monoisotopic (exact) mass is 458 g/mol. The summed E-state index contributed by atoms with van der Waals surface area (Å²) >= 11 is 8.05. The molecule has 10 heteroatoms. The van der Waals surface area contributed by atoms with Gasteiger partial charge in [-0.15, -0.1) is 23.1 Å². The van der Waals surface area contributed by atoms with Gasteiger partial charge in [0.1, 0.15) is 0 Å². The van der Waals surface area contributed by atoms with E-state index in [-0.39, 0.29) is 26.1 Å². The molecule has 152 valence electrons. The van der Waals surface area contributed by atoms with E-state index in [2.05, 4.69) is 0 Å². The summed E-state index contributed by atoms with van der Waals surface area (Å²) in [5.74, 6) is -4.37. The lowest BCUT2D eigenvalue weighted by Crippen LogP contribution is -2.66. The number of Topliss-reactive ketones (excluding diaryl/α,β-unsaturated/α-hetero) is 1. The third-order valence-corrected chi connectivity index (χ3v) is 6.65. The SMILES string of the molecule is CSC1=C(C#N)[C@@H](c2ccccc2Cl)[C@H](C(=O)c2cccs2)[C@](O)(C(F)(F)F)N1. The summed E-state index contributed by atoms with van der Waals surface area (Å²) in [7, 11) is 0. The second-order valence-electron chi connectivity index (χ2n) is 6.27. The number of nitrogens with one attached hydrogen (secondary N) is 1. The average molecular weight is 459 g/mol. The number of thiophene rings is 1. The number of ketones is 1. The molecule has 1 aliphatic heterocycles. The van der Waals surface area contributed by atoms with Crippen LogP contribution in [-0.2, 0) is 0 Å². The predicted octanol–water partition coefficient (Wildman–Crippen LogP) is 4.94. The summed E-state index contributed by atoms with van der Waals surface area (Å²) in [5, 5.41) is 24.1. The number of hydrogen-bond donors (Lipinski definition) is 2. The number of halogens is 4. The number of hydrogen-bond acceptors (Lipinski definition) is 6. The van der Waals surface area contributed by atoms with E-state index in [1.165, 1.54) is 30.5 Å². The molecule has 0 spiro atoms. The van der Waals surface area contributed by atoms with Crippen LogP contribution in [0.4, 0.5) is 13.2 Å². The Hall–Kier alpha value is -1.99. The molecule has 0 saturated carbocycles. The second kappa shape index (κ2) is 8.03. The zero-order chi connectivity index (χ0) is 21.4. The van der Waals surface area contributed by atoms with Crippen molar-refractivity contribution in [2.45, 2.75) is 17.8 Å². The van der Waals surface area contributed by atoms with Gasteiger partial charge in [0.05, 0.1) is 27.5 Å². The number of carbonyl (C=O) groups is 1. The lowest BCUT2D eigenvalue weighted by molar-refractivity contribution is -0.285. The predicted molar refractivity (Wildman–Crippen MR) is 107 cm³/mol. The topological polar surface area (TPSA) is 73.1 Å². The lowest BCUT2D eigenvalue weighted by Gasteiger charge is -2.45. The van der Waals surface area contributed by atoms with E-state index in [4.69, 9.17) is 11.6 Å². The van der Waals surface area contributed by atoms with E-state index < -0.39 is 29.5 Å². The normalized spacial score (nSPS) is 24.7. The van der Waals surface area contributed by atoms with Crippen molar-refractivity contribution in [1.29, 1.82) is 5.26 Å². The number of carbonyl (C=O) groups excluding carboxylic acids is 1. The number of nitriles is 1. The van der Waals surface area contributed by atoms with Gasteiger partial charge in [0.2, 0.25) is 5.72 Å². The molecule has 4 nitrogen and oxygen atoms in total. The molecule has 0 unspecified atom stereocenters. The molecule has 2 aromatic rings. The van der Waals surface area contributed by atoms with E-state index in [1.54, 1.807) is 17.5 Å². The molecule has 3 rings (SSSR count). The molecule has 0 amide bonds. The van der Waals surface area contributed by atoms with E-state index in [9.17, 15) is 28.3 Å². The Labute approximate surface area is 178 Å². The first-order valence-corrected chi connectivity index (χ1v) is 10.7. The lowest BCUT2D eigenvalue weighted by atomic mass is 9.70. The average Bonchev–Trinajstić information content (AvgIpc) is 3.21. The van der Waals surface area contributed by atoms with Gasteiger partial charge in [0, 0.05) is 10.9 Å². The van der Waals surface area contributed by atoms with Crippen LogP contribution in [0.3, 0.4) is 0 Å². The van der Waals surface area contributed by atoms with Crippen LogP contribution in [0.5, 0.6) is 0 Å². The van der Waals surface area contributed by atoms with Crippen LogP contribution in [0.2, 0.25) is 5.02 Å². The van der Waals surface area contributed by atoms with Crippen molar-refractivity contribution < 1.29 is 23.1 Å². The minimum absolute atomic E-state index is 0.0430. The molecule has 0 fully saturated rings. The van der Waals surface area contributed by atoms with E-state index >= 15 is 0 Å². The van der Waals surface area contributed by atoms with Crippen molar-refractivity contribution >= 4 is 40.5 Å². The molecule has 1 aliphatic rings. The van der Waals surface area contributed by atoms with Crippen molar-refractivity contribution in [1.82, 2.24) is 5.32 Å². The molecule has 2 N–H and O–H groups in total. The summed E-state index contributed by atoms with van der Waals surface area (Å²) in [5.41, 5.74) is -3.51. The molecular formula is C19H14ClF3N2O2S2. The molecule has 0 bridgehead atoms. The first kappa shape index (κ1) is 21.7. The maximum atomic E-state index is 14.1. The highest BCUT2D eigenvalue weighted by Crippen LogP contribution is 2.52. The number of thioether (sulfide) groups is 1. The van der Waals surface area contributed by atoms with Crippen molar-refractivity contribution in [2.24, 2.45) is 5.92 Å². The van der Waals surface area contributed by atoms with Crippen LogP contribution in [0.25, 0.3) is 0 Å². The number of aliphatic hydroxyl groups is 1. The third-order valence-electron chi connectivity index (χ3n) is 4.69. The van der Waals surface area contributed by atoms with Crippen LogP contribution < -0.4 is 5.32 Å². The van der Waals surface area contributed by atoms with Crippen LogP contribution >= 0.6 is 34.7 Å². The fourth-order valence-corrected chi connectivity index (χ4v) is 4.98. The van der Waals surface area contributed by atoms with Crippen LogP contribution in [0.15, 0.2) is 52.4 Å². The molecule has 0 aliphatic carbocycles. The number of benzene rings is 1. The number of alkyl halides is 3. The van der Waals surface area contributed by atoms with E-state index in [0.717, 1.165) is 23.1 Å². The van der Waals surface area contributed by atoms with Gasteiger partial charge in [-0.05, 0) is 29.3 Å². The van der Waals surface area contributed by atoms with Gasteiger partial charge in [0.15, 0.2) is 5.78 Å². The standard InChI is InChI=1S/C19H14ClF3N2O2S2/c1-28-17-11(9-24)14(10-5-2-3-6-12(10)20)15(16(26)13-7-4-8-29-13)18(27,25-17)19(21,22)23/h2-8,14-15,25,27H,1H3/t14-,15-,18+/m1/s1. The molecule has 3 atom stereocenters. The van der Waals surface area contributed by atoms with Crippen LogP contribution in [0.1, 0.15) is 21.2 Å². The fourth-order valence-electron chi connectivity index (χ4n) is 3.37. The zero-order valence-corrected chi connectivity index (χ0v) is 17.2. The van der Waals surface area contributed by atoms with Crippen molar-refractivity contribution in [2.75, 3.05) is 6.26 Å². The van der Waals surface area contributed by atoms with E-state index in [1.807, 2.05) is 11.4 Å². The number of allylic oxidation sites excluding steroid dienone is 1. The zero-order valence-electron chi connectivity index (χ0n) is 14.8. The maximum Gasteiger partial charge on any atom is 0.437 e. The van der Waals surface area contributed by atoms with Gasteiger partial charge in [-0.3, -0.25) is 4.79 Å². The maximum absolute atomic E-state index is 14.1. The number of rotatable bonds is 4.